The average Bonchev–Trinajstić information content (AvgIpc) is 3.14. The van der Waals surface area contributed by atoms with E-state index in [0.29, 0.717) is 16.5 Å². The molecule has 1 aliphatic carbocycles. The maximum absolute atomic E-state index is 11.3. The smallest absolute Gasteiger partial charge is 0.301 e. The molecule has 1 aromatic carbocycles. The van der Waals surface area contributed by atoms with Crippen LogP contribution in [0.1, 0.15) is 29.9 Å². The van der Waals surface area contributed by atoms with Crippen LogP contribution in [-0.2, 0) is 0 Å². The summed E-state index contributed by atoms with van der Waals surface area (Å²) in [6.07, 6.45) is 3.62. The Bertz CT molecular complexity index is 540. The van der Waals surface area contributed by atoms with E-state index < -0.39 is 18.3 Å². The van der Waals surface area contributed by atoms with Gasteiger partial charge in [0, 0.05) is 5.02 Å². The first-order valence-electron chi connectivity index (χ1n) is 6.67. The molecule has 0 aliphatic heterocycles. The molecule has 1 aliphatic rings. The Morgan fingerprint density at radius 1 is 1.45 bits per heavy atom. The molecule has 0 saturated heterocycles. The number of nitrogens with zero attached hydrogens (tertiary/aromatic N) is 1. The zero-order chi connectivity index (χ0) is 15.1. The second-order valence-corrected chi connectivity index (χ2v) is 12.1. The van der Waals surface area contributed by atoms with Crippen LogP contribution in [0.5, 0.6) is 0 Å². The highest BCUT2D eigenvalue weighted by Gasteiger charge is 2.54. The SMILES string of the molecule is C[Si](C)(C)C(O)([CH]c1cc(C2CC2)ccc1Cl)[N+](=O)[O-]. The van der Waals surface area contributed by atoms with Gasteiger partial charge in [-0.05, 0) is 36.0 Å². The van der Waals surface area contributed by atoms with Gasteiger partial charge >= 0.3 is 5.35 Å². The number of hydrogen-bond acceptors (Lipinski definition) is 3. The van der Waals surface area contributed by atoms with E-state index in [-0.39, 0.29) is 0 Å². The van der Waals surface area contributed by atoms with E-state index in [1.807, 2.05) is 12.1 Å². The summed E-state index contributed by atoms with van der Waals surface area (Å²) in [6.45, 7) is 5.31. The molecule has 0 spiro atoms. The molecule has 0 aromatic heterocycles. The second kappa shape index (κ2) is 5.13. The van der Waals surface area contributed by atoms with E-state index in [1.165, 1.54) is 6.42 Å². The van der Waals surface area contributed by atoms with Crippen molar-refractivity contribution in [3.05, 3.63) is 50.9 Å². The van der Waals surface area contributed by atoms with Gasteiger partial charge in [0.05, 0.1) is 11.3 Å². The molecule has 0 bridgehead atoms. The molecule has 1 radical (unpaired) electrons. The van der Waals surface area contributed by atoms with Gasteiger partial charge in [-0.3, -0.25) is 10.1 Å². The largest absolute Gasteiger partial charge is 0.334 e. The van der Waals surface area contributed by atoms with Gasteiger partial charge in [-0.25, -0.2) is 0 Å². The molecule has 1 fully saturated rings. The molecule has 0 amide bonds. The Balaban J connectivity index is 2.36. The fourth-order valence-electron chi connectivity index (χ4n) is 2.10. The van der Waals surface area contributed by atoms with Gasteiger partial charge in [0.15, 0.2) is 8.07 Å². The van der Waals surface area contributed by atoms with Crippen LogP contribution in [0.25, 0.3) is 0 Å². The standard InChI is InChI=1S/C14H19ClNO3Si/c1-20(2,3)14(17,16(18)19)9-12-8-11(10-4-5-10)6-7-13(12)15/h6-10,17H,4-5H2,1-3H3. The van der Waals surface area contributed by atoms with Crippen molar-refractivity contribution < 1.29 is 10.0 Å². The fraction of sp³-hybridized carbons (Fsp3) is 0.500. The van der Waals surface area contributed by atoms with Crippen LogP contribution in [0.15, 0.2) is 18.2 Å². The maximum atomic E-state index is 11.3. The third-order valence-electron chi connectivity index (χ3n) is 3.81. The third kappa shape index (κ3) is 2.89. The molecule has 1 N–H and O–H groups in total. The molecule has 6 heteroatoms. The third-order valence-corrected chi connectivity index (χ3v) is 6.69. The van der Waals surface area contributed by atoms with Gasteiger partial charge in [0.1, 0.15) is 0 Å². The Morgan fingerprint density at radius 2 is 2.05 bits per heavy atom. The fourth-order valence-corrected chi connectivity index (χ4v) is 3.41. The number of aliphatic hydroxyl groups is 1. The van der Waals surface area contributed by atoms with E-state index in [2.05, 4.69) is 0 Å². The minimum atomic E-state index is -2.47. The maximum Gasteiger partial charge on any atom is 0.301 e. The summed E-state index contributed by atoms with van der Waals surface area (Å²) in [6, 6.07) is 5.58. The molecule has 1 aromatic rings. The molecule has 2 rings (SSSR count). The zero-order valence-corrected chi connectivity index (χ0v) is 13.6. The molecule has 20 heavy (non-hydrogen) atoms. The lowest BCUT2D eigenvalue weighted by Gasteiger charge is -2.30. The van der Waals surface area contributed by atoms with Crippen LogP contribution in [0.3, 0.4) is 0 Å². The highest BCUT2D eigenvalue weighted by Crippen LogP contribution is 2.42. The number of rotatable bonds is 5. The summed E-state index contributed by atoms with van der Waals surface area (Å²) in [5, 5.41) is 20.3. The topological polar surface area (TPSA) is 63.4 Å². The summed E-state index contributed by atoms with van der Waals surface area (Å²) in [5.41, 5.74) is 1.69. The van der Waals surface area contributed by atoms with E-state index in [1.54, 1.807) is 25.7 Å². The Kier molecular flexibility index (Phi) is 3.97. The van der Waals surface area contributed by atoms with E-state index in [4.69, 9.17) is 11.6 Å². The first-order valence-corrected chi connectivity index (χ1v) is 10.5. The summed E-state index contributed by atoms with van der Waals surface area (Å²) in [7, 11) is -2.47. The van der Waals surface area contributed by atoms with Crippen LogP contribution in [0.2, 0.25) is 24.7 Å². The first kappa shape index (κ1) is 15.5. The molecule has 0 heterocycles. The van der Waals surface area contributed by atoms with Crippen molar-refractivity contribution >= 4 is 19.7 Å². The van der Waals surface area contributed by atoms with Gasteiger partial charge in [0.2, 0.25) is 0 Å². The van der Waals surface area contributed by atoms with Crippen molar-refractivity contribution in [2.24, 2.45) is 0 Å². The highest BCUT2D eigenvalue weighted by molar-refractivity contribution is 6.78. The van der Waals surface area contributed by atoms with E-state index in [9.17, 15) is 15.2 Å². The van der Waals surface area contributed by atoms with Crippen LogP contribution < -0.4 is 0 Å². The van der Waals surface area contributed by atoms with Gasteiger partial charge in [-0.15, -0.1) is 0 Å². The van der Waals surface area contributed by atoms with Crippen molar-refractivity contribution in [3.8, 4) is 0 Å². The summed E-state index contributed by atoms with van der Waals surface area (Å²) in [4.78, 5) is 10.7. The van der Waals surface area contributed by atoms with Crippen molar-refractivity contribution in [2.75, 3.05) is 0 Å². The van der Waals surface area contributed by atoms with Crippen molar-refractivity contribution in [2.45, 2.75) is 43.7 Å². The van der Waals surface area contributed by atoms with Gasteiger partial charge in [0.25, 0.3) is 0 Å². The number of hydrogen-bond donors (Lipinski definition) is 1. The minimum Gasteiger partial charge on any atom is -0.334 e. The highest BCUT2D eigenvalue weighted by atomic mass is 35.5. The van der Waals surface area contributed by atoms with Gasteiger partial charge in [-0.2, -0.15) is 0 Å². The molecule has 109 valence electrons. The number of benzene rings is 1. The first-order chi connectivity index (χ1) is 9.15. The molecule has 4 nitrogen and oxygen atoms in total. The summed E-state index contributed by atoms with van der Waals surface area (Å²) < 4.78 is 0. The number of nitro groups is 1. The molecular formula is C14H19ClNO3Si. The minimum absolute atomic E-state index is 0.438. The lowest BCUT2D eigenvalue weighted by Crippen LogP contribution is -2.58. The van der Waals surface area contributed by atoms with Gasteiger partial charge in [-0.1, -0.05) is 43.4 Å². The predicted molar refractivity (Wildman–Crippen MR) is 82.1 cm³/mol. The molecule has 1 unspecified atom stereocenters. The Hall–Kier alpha value is -0.913. The van der Waals surface area contributed by atoms with Crippen molar-refractivity contribution in [3.63, 3.8) is 0 Å². The molecule has 1 saturated carbocycles. The Morgan fingerprint density at radius 3 is 2.50 bits per heavy atom. The normalized spacial score (nSPS) is 18.6. The van der Waals surface area contributed by atoms with Crippen molar-refractivity contribution in [1.82, 2.24) is 0 Å². The lowest BCUT2D eigenvalue weighted by atomic mass is 10.0. The van der Waals surface area contributed by atoms with Gasteiger partial charge < -0.3 is 5.11 Å². The second-order valence-electron chi connectivity index (χ2n) is 6.43. The van der Waals surface area contributed by atoms with Crippen LogP contribution in [0, 0.1) is 16.5 Å². The predicted octanol–water partition coefficient (Wildman–Crippen LogP) is 3.61. The van der Waals surface area contributed by atoms with Crippen LogP contribution in [-0.4, -0.2) is 23.5 Å². The van der Waals surface area contributed by atoms with Crippen molar-refractivity contribution in [1.29, 1.82) is 0 Å². The van der Waals surface area contributed by atoms with Crippen LogP contribution in [0.4, 0.5) is 0 Å². The lowest BCUT2D eigenvalue weighted by molar-refractivity contribution is -0.585. The summed E-state index contributed by atoms with van der Waals surface area (Å²) >= 11 is 6.13. The monoisotopic (exact) mass is 312 g/mol. The number of halogens is 1. The quantitative estimate of drug-likeness (QED) is 0.391. The average molecular weight is 313 g/mol. The zero-order valence-electron chi connectivity index (χ0n) is 11.9. The van der Waals surface area contributed by atoms with Crippen LogP contribution >= 0.6 is 11.6 Å². The Labute approximate surface area is 124 Å². The van der Waals surface area contributed by atoms with E-state index in [0.717, 1.165) is 18.4 Å². The molecule has 1 atom stereocenters. The van der Waals surface area contributed by atoms with E-state index >= 15 is 0 Å². The molecular weight excluding hydrogens is 294 g/mol. The summed E-state index contributed by atoms with van der Waals surface area (Å²) in [5.74, 6) is 0.537.